The van der Waals surface area contributed by atoms with E-state index in [2.05, 4.69) is 5.32 Å². The Labute approximate surface area is 158 Å². The van der Waals surface area contributed by atoms with Crippen molar-refractivity contribution in [3.63, 3.8) is 0 Å². The second-order valence-electron chi connectivity index (χ2n) is 6.98. The molecule has 0 bridgehead atoms. The van der Waals surface area contributed by atoms with Crippen molar-refractivity contribution in [2.75, 3.05) is 19.9 Å². The molecule has 2 aromatic carbocycles. The van der Waals surface area contributed by atoms with Crippen LogP contribution in [0.5, 0.6) is 11.5 Å². The zero-order chi connectivity index (χ0) is 18.8. The van der Waals surface area contributed by atoms with E-state index in [-0.39, 0.29) is 24.6 Å². The fraction of sp³-hybridized carbons (Fsp3) is 0.333. The highest BCUT2D eigenvalue weighted by molar-refractivity contribution is 5.95. The summed E-state index contributed by atoms with van der Waals surface area (Å²) >= 11 is 0. The molecule has 0 unspecified atom stereocenters. The molecule has 2 aliphatic rings. The number of fused-ring (bicyclic) bond motifs is 1. The van der Waals surface area contributed by atoms with Gasteiger partial charge in [-0.2, -0.15) is 0 Å². The predicted octanol–water partition coefficient (Wildman–Crippen LogP) is 2.76. The first-order valence-electron chi connectivity index (χ1n) is 9.16. The summed E-state index contributed by atoms with van der Waals surface area (Å²) in [6, 6.07) is 12.9. The monoisotopic (exact) mass is 366 g/mol. The smallest absolute Gasteiger partial charge is 0.253 e. The Kier molecular flexibility index (Phi) is 4.71. The number of likely N-dealkylation sites (tertiary alicyclic amines) is 1. The Morgan fingerprint density at radius 1 is 1.00 bits per heavy atom. The SMILES string of the molecule is Cc1cccc(C(=O)N2CCC(NC(=O)c3ccc4c(c3)OCO4)CC2)c1. The number of carbonyl (C=O) groups excluding carboxylic acids is 2. The second-order valence-corrected chi connectivity index (χ2v) is 6.98. The lowest BCUT2D eigenvalue weighted by Crippen LogP contribution is -2.46. The van der Waals surface area contributed by atoms with Crippen LogP contribution in [-0.4, -0.2) is 42.6 Å². The van der Waals surface area contributed by atoms with Crippen LogP contribution in [0.25, 0.3) is 0 Å². The molecule has 2 heterocycles. The summed E-state index contributed by atoms with van der Waals surface area (Å²) in [7, 11) is 0. The predicted molar refractivity (Wildman–Crippen MR) is 100 cm³/mol. The molecule has 1 fully saturated rings. The molecule has 0 aromatic heterocycles. The Bertz CT molecular complexity index is 872. The fourth-order valence-corrected chi connectivity index (χ4v) is 3.49. The molecule has 6 heteroatoms. The van der Waals surface area contributed by atoms with Crippen LogP contribution in [-0.2, 0) is 0 Å². The normalized spacial score (nSPS) is 16.3. The van der Waals surface area contributed by atoms with Crippen LogP contribution < -0.4 is 14.8 Å². The van der Waals surface area contributed by atoms with E-state index in [4.69, 9.17) is 9.47 Å². The van der Waals surface area contributed by atoms with E-state index in [1.54, 1.807) is 18.2 Å². The van der Waals surface area contributed by atoms with Gasteiger partial charge in [-0.15, -0.1) is 0 Å². The van der Waals surface area contributed by atoms with Gasteiger partial charge in [0.2, 0.25) is 6.79 Å². The average Bonchev–Trinajstić information content (AvgIpc) is 3.16. The number of benzene rings is 2. The molecule has 1 N–H and O–H groups in total. The third kappa shape index (κ3) is 3.74. The molecule has 2 aliphatic heterocycles. The Balaban J connectivity index is 1.33. The minimum absolute atomic E-state index is 0.0549. The number of hydrogen-bond donors (Lipinski definition) is 1. The zero-order valence-electron chi connectivity index (χ0n) is 15.2. The summed E-state index contributed by atoms with van der Waals surface area (Å²) in [5.41, 5.74) is 2.35. The van der Waals surface area contributed by atoms with E-state index in [0.29, 0.717) is 30.2 Å². The van der Waals surface area contributed by atoms with Crippen molar-refractivity contribution in [1.29, 1.82) is 0 Å². The number of amides is 2. The highest BCUT2D eigenvalue weighted by Crippen LogP contribution is 2.32. The van der Waals surface area contributed by atoms with Crippen molar-refractivity contribution in [2.45, 2.75) is 25.8 Å². The number of piperidine rings is 1. The first-order chi connectivity index (χ1) is 13.1. The van der Waals surface area contributed by atoms with Gasteiger partial charge in [-0.3, -0.25) is 9.59 Å². The van der Waals surface area contributed by atoms with Gasteiger partial charge in [0, 0.05) is 30.3 Å². The van der Waals surface area contributed by atoms with Gasteiger partial charge >= 0.3 is 0 Å². The van der Waals surface area contributed by atoms with Gasteiger partial charge in [-0.25, -0.2) is 0 Å². The van der Waals surface area contributed by atoms with Gasteiger partial charge in [-0.1, -0.05) is 17.7 Å². The number of nitrogens with one attached hydrogen (secondary N) is 1. The van der Waals surface area contributed by atoms with Crippen molar-refractivity contribution in [3.05, 3.63) is 59.2 Å². The van der Waals surface area contributed by atoms with E-state index in [0.717, 1.165) is 24.0 Å². The van der Waals surface area contributed by atoms with E-state index < -0.39 is 0 Å². The number of nitrogens with zero attached hydrogens (tertiary/aromatic N) is 1. The molecule has 2 amide bonds. The van der Waals surface area contributed by atoms with E-state index in [1.165, 1.54) is 0 Å². The molecule has 0 atom stereocenters. The molecule has 2 aromatic rings. The molecule has 140 valence electrons. The van der Waals surface area contributed by atoms with Crippen LogP contribution in [0, 0.1) is 6.92 Å². The van der Waals surface area contributed by atoms with Crippen molar-refractivity contribution in [2.24, 2.45) is 0 Å². The quantitative estimate of drug-likeness (QED) is 0.907. The standard InChI is InChI=1S/C21H22N2O4/c1-14-3-2-4-16(11-14)21(25)23-9-7-17(8-10-23)22-20(24)15-5-6-18-19(12-15)27-13-26-18/h2-6,11-12,17H,7-10,13H2,1H3,(H,22,24). The van der Waals surface area contributed by atoms with E-state index >= 15 is 0 Å². The molecule has 27 heavy (non-hydrogen) atoms. The largest absolute Gasteiger partial charge is 0.454 e. The van der Waals surface area contributed by atoms with Gasteiger partial charge in [0.15, 0.2) is 11.5 Å². The molecule has 6 nitrogen and oxygen atoms in total. The average molecular weight is 366 g/mol. The van der Waals surface area contributed by atoms with Crippen LogP contribution in [0.3, 0.4) is 0 Å². The highest BCUT2D eigenvalue weighted by atomic mass is 16.7. The van der Waals surface area contributed by atoms with Gasteiger partial charge in [-0.05, 0) is 50.1 Å². The van der Waals surface area contributed by atoms with Crippen molar-refractivity contribution in [3.8, 4) is 11.5 Å². The lowest BCUT2D eigenvalue weighted by molar-refractivity contribution is 0.0698. The zero-order valence-corrected chi connectivity index (χ0v) is 15.2. The number of carbonyl (C=O) groups is 2. The third-order valence-corrected chi connectivity index (χ3v) is 5.02. The van der Waals surface area contributed by atoms with Crippen LogP contribution in [0.4, 0.5) is 0 Å². The lowest BCUT2D eigenvalue weighted by atomic mass is 10.0. The molecule has 1 saturated heterocycles. The summed E-state index contributed by atoms with van der Waals surface area (Å²) in [6.07, 6.45) is 1.49. The summed E-state index contributed by atoms with van der Waals surface area (Å²) in [6.45, 7) is 3.44. The molecule has 0 spiro atoms. The first kappa shape index (κ1) is 17.4. The molecule has 0 radical (unpaired) electrons. The molecular weight excluding hydrogens is 344 g/mol. The number of rotatable bonds is 3. The maximum atomic E-state index is 12.6. The summed E-state index contributed by atoms with van der Waals surface area (Å²) < 4.78 is 10.6. The molecule has 0 saturated carbocycles. The molecular formula is C21H22N2O4. The Morgan fingerprint density at radius 2 is 1.78 bits per heavy atom. The lowest BCUT2D eigenvalue weighted by Gasteiger charge is -2.32. The maximum absolute atomic E-state index is 12.6. The van der Waals surface area contributed by atoms with E-state index in [1.807, 2.05) is 36.1 Å². The molecule has 4 rings (SSSR count). The van der Waals surface area contributed by atoms with Gasteiger partial charge in [0.1, 0.15) is 0 Å². The summed E-state index contributed by atoms with van der Waals surface area (Å²) in [5, 5.41) is 3.06. The Hall–Kier alpha value is -3.02. The number of hydrogen-bond acceptors (Lipinski definition) is 4. The third-order valence-electron chi connectivity index (χ3n) is 5.02. The fourth-order valence-electron chi connectivity index (χ4n) is 3.49. The summed E-state index contributed by atoms with van der Waals surface area (Å²) in [5.74, 6) is 1.19. The first-order valence-corrected chi connectivity index (χ1v) is 9.16. The molecule has 0 aliphatic carbocycles. The minimum atomic E-state index is -0.128. The van der Waals surface area contributed by atoms with Crippen LogP contribution in [0.1, 0.15) is 39.1 Å². The van der Waals surface area contributed by atoms with Crippen LogP contribution >= 0.6 is 0 Å². The van der Waals surface area contributed by atoms with Crippen molar-refractivity contribution < 1.29 is 19.1 Å². The highest BCUT2D eigenvalue weighted by Gasteiger charge is 2.25. The van der Waals surface area contributed by atoms with Crippen molar-refractivity contribution in [1.82, 2.24) is 10.2 Å². The minimum Gasteiger partial charge on any atom is -0.454 e. The maximum Gasteiger partial charge on any atom is 0.253 e. The van der Waals surface area contributed by atoms with Gasteiger partial charge in [0.25, 0.3) is 11.8 Å². The van der Waals surface area contributed by atoms with Gasteiger partial charge < -0.3 is 19.7 Å². The van der Waals surface area contributed by atoms with Crippen molar-refractivity contribution >= 4 is 11.8 Å². The second kappa shape index (κ2) is 7.31. The Morgan fingerprint density at radius 3 is 2.56 bits per heavy atom. The van der Waals surface area contributed by atoms with Crippen LogP contribution in [0.15, 0.2) is 42.5 Å². The van der Waals surface area contributed by atoms with E-state index in [9.17, 15) is 9.59 Å². The number of ether oxygens (including phenoxy) is 2. The van der Waals surface area contributed by atoms with Gasteiger partial charge in [0.05, 0.1) is 0 Å². The number of aryl methyl sites for hydroxylation is 1. The summed E-state index contributed by atoms with van der Waals surface area (Å²) in [4.78, 5) is 27.0. The topological polar surface area (TPSA) is 67.9 Å². The van der Waals surface area contributed by atoms with Crippen LogP contribution in [0.2, 0.25) is 0 Å².